The summed E-state index contributed by atoms with van der Waals surface area (Å²) in [6, 6.07) is 17.7. The van der Waals surface area contributed by atoms with Crippen molar-refractivity contribution in [1.29, 1.82) is 0 Å². The van der Waals surface area contributed by atoms with Crippen molar-refractivity contribution in [1.82, 2.24) is 14.9 Å². The van der Waals surface area contributed by atoms with Gasteiger partial charge in [-0.05, 0) is 67.1 Å². The molecular weight excluding hydrogens is 442 g/mol. The summed E-state index contributed by atoms with van der Waals surface area (Å²) in [6.07, 6.45) is 2.50. The van der Waals surface area contributed by atoms with Crippen LogP contribution in [-0.4, -0.2) is 28.6 Å². The molecule has 2 heterocycles. The van der Waals surface area contributed by atoms with Crippen LogP contribution in [0.25, 0.3) is 11.0 Å². The minimum Gasteiger partial charge on any atom is -0.494 e. The van der Waals surface area contributed by atoms with Gasteiger partial charge in [0, 0.05) is 24.5 Å². The van der Waals surface area contributed by atoms with Gasteiger partial charge in [0.15, 0.2) is 0 Å². The summed E-state index contributed by atoms with van der Waals surface area (Å²) in [6.45, 7) is 4.04. The number of nitrogens with zero attached hydrogens (tertiary/aromatic N) is 2. The molecule has 2 aromatic heterocycles. The molecule has 0 saturated heterocycles. The molecule has 4 aromatic rings. The Hall–Kier alpha value is -2.83. The summed E-state index contributed by atoms with van der Waals surface area (Å²) in [5.74, 6) is 1.87. The summed E-state index contributed by atoms with van der Waals surface area (Å²) in [4.78, 5) is 17.7. The van der Waals surface area contributed by atoms with Gasteiger partial charge in [-0.25, -0.2) is 4.98 Å². The number of aryl methyl sites for hydroxylation is 3. The number of hydrogen-bond donors (Lipinski definition) is 1. The molecular formula is C25H26ClN3O2S. The molecule has 5 nitrogen and oxygen atoms in total. The van der Waals surface area contributed by atoms with Gasteiger partial charge < -0.3 is 14.6 Å². The molecule has 7 heteroatoms. The number of fused-ring (bicyclic) bond motifs is 1. The van der Waals surface area contributed by atoms with Crippen LogP contribution in [0.4, 0.5) is 0 Å². The first-order valence-electron chi connectivity index (χ1n) is 10.8. The van der Waals surface area contributed by atoms with Gasteiger partial charge in [-0.2, -0.15) is 0 Å². The summed E-state index contributed by atoms with van der Waals surface area (Å²) in [5.41, 5.74) is 3.14. The zero-order valence-electron chi connectivity index (χ0n) is 18.0. The predicted molar refractivity (Wildman–Crippen MR) is 131 cm³/mol. The number of carbonyl (C=O) groups excluding carboxylic acids is 1. The third-order valence-corrected chi connectivity index (χ3v) is 6.56. The fourth-order valence-corrected chi connectivity index (χ4v) is 4.39. The molecule has 0 bridgehead atoms. The van der Waals surface area contributed by atoms with Gasteiger partial charge in [0.25, 0.3) is 5.91 Å². The van der Waals surface area contributed by atoms with Gasteiger partial charge >= 0.3 is 0 Å². The lowest BCUT2D eigenvalue weighted by Crippen LogP contribution is -2.24. The summed E-state index contributed by atoms with van der Waals surface area (Å²) in [7, 11) is 0. The highest BCUT2D eigenvalue weighted by Crippen LogP contribution is 2.22. The van der Waals surface area contributed by atoms with Gasteiger partial charge in [0.2, 0.25) is 0 Å². The van der Waals surface area contributed by atoms with Crippen LogP contribution in [0.1, 0.15) is 33.9 Å². The molecule has 1 amide bonds. The van der Waals surface area contributed by atoms with E-state index < -0.39 is 0 Å². The van der Waals surface area contributed by atoms with E-state index in [9.17, 15) is 4.79 Å². The van der Waals surface area contributed by atoms with Crippen molar-refractivity contribution >= 4 is 39.9 Å². The highest BCUT2D eigenvalue weighted by Gasteiger charge is 2.11. The predicted octanol–water partition coefficient (Wildman–Crippen LogP) is 5.89. The van der Waals surface area contributed by atoms with Crippen LogP contribution in [0, 0.1) is 6.92 Å². The molecule has 0 aliphatic heterocycles. The van der Waals surface area contributed by atoms with Crippen molar-refractivity contribution < 1.29 is 9.53 Å². The highest BCUT2D eigenvalue weighted by molar-refractivity contribution is 7.12. The van der Waals surface area contributed by atoms with E-state index in [1.807, 2.05) is 60.8 Å². The maximum atomic E-state index is 12.1. The van der Waals surface area contributed by atoms with Crippen molar-refractivity contribution in [2.24, 2.45) is 0 Å². The number of ether oxygens (including phenoxy) is 1. The number of nitrogens with one attached hydrogen (secondary N) is 1. The smallest absolute Gasteiger partial charge is 0.261 e. The van der Waals surface area contributed by atoms with Crippen LogP contribution < -0.4 is 10.1 Å². The van der Waals surface area contributed by atoms with E-state index in [4.69, 9.17) is 21.3 Å². The molecule has 1 N–H and O–H groups in total. The Bertz CT molecular complexity index is 1190. The molecule has 2 aromatic carbocycles. The van der Waals surface area contributed by atoms with Crippen molar-refractivity contribution in [3.63, 3.8) is 0 Å². The van der Waals surface area contributed by atoms with E-state index >= 15 is 0 Å². The maximum absolute atomic E-state index is 12.1. The lowest BCUT2D eigenvalue weighted by molar-refractivity contribution is 0.0957. The van der Waals surface area contributed by atoms with E-state index in [-0.39, 0.29) is 5.91 Å². The fraction of sp³-hybridized carbons (Fsp3) is 0.280. The van der Waals surface area contributed by atoms with Gasteiger partial charge in [-0.3, -0.25) is 4.79 Å². The Labute approximate surface area is 197 Å². The summed E-state index contributed by atoms with van der Waals surface area (Å²) < 4.78 is 8.18. The average Bonchev–Trinajstić information content (AvgIpc) is 3.45. The molecule has 0 atom stereocenters. The third-order valence-electron chi connectivity index (χ3n) is 5.27. The first kappa shape index (κ1) is 22.4. The second-order valence-electron chi connectivity index (χ2n) is 7.62. The molecule has 32 heavy (non-hydrogen) atoms. The number of hydrogen-bond acceptors (Lipinski definition) is 4. The molecule has 0 fully saturated rings. The molecule has 0 radical (unpaired) electrons. The summed E-state index contributed by atoms with van der Waals surface area (Å²) >= 11 is 7.54. The lowest BCUT2D eigenvalue weighted by Gasteiger charge is -2.11. The minimum atomic E-state index is -0.0110. The third kappa shape index (κ3) is 5.50. The topological polar surface area (TPSA) is 56.1 Å². The Kier molecular flexibility index (Phi) is 7.45. The van der Waals surface area contributed by atoms with Crippen LogP contribution in [0.15, 0.2) is 60.0 Å². The van der Waals surface area contributed by atoms with Gasteiger partial charge in [-0.15, -0.1) is 11.3 Å². The van der Waals surface area contributed by atoms with Crippen LogP contribution >= 0.6 is 22.9 Å². The quantitative estimate of drug-likeness (QED) is 0.296. The van der Waals surface area contributed by atoms with Crippen molar-refractivity contribution in [3.05, 3.63) is 81.3 Å². The SMILES string of the molecule is Cc1cc(OCCCn2c(CCCNC(=O)c3cccs3)nc3ccccc32)ccc1Cl. The Morgan fingerprint density at radius 2 is 2.03 bits per heavy atom. The number of carbonyl (C=O) groups is 1. The van der Waals surface area contributed by atoms with Crippen molar-refractivity contribution in [2.45, 2.75) is 32.7 Å². The van der Waals surface area contributed by atoms with Crippen LogP contribution in [0.2, 0.25) is 5.02 Å². The maximum Gasteiger partial charge on any atom is 0.261 e. The number of aromatic nitrogens is 2. The monoisotopic (exact) mass is 467 g/mol. The number of rotatable bonds is 10. The molecule has 0 aliphatic carbocycles. The van der Waals surface area contributed by atoms with Gasteiger partial charge in [0.1, 0.15) is 11.6 Å². The van der Waals surface area contributed by atoms with Crippen LogP contribution in [-0.2, 0) is 13.0 Å². The molecule has 166 valence electrons. The second kappa shape index (κ2) is 10.7. The zero-order chi connectivity index (χ0) is 22.3. The normalized spacial score (nSPS) is 11.1. The zero-order valence-corrected chi connectivity index (χ0v) is 19.6. The summed E-state index contributed by atoms with van der Waals surface area (Å²) in [5, 5.41) is 5.65. The Balaban J connectivity index is 1.33. The average molecular weight is 468 g/mol. The minimum absolute atomic E-state index is 0.0110. The number of halogens is 1. The molecule has 4 rings (SSSR count). The van der Waals surface area contributed by atoms with E-state index in [0.29, 0.717) is 13.2 Å². The van der Waals surface area contributed by atoms with Crippen LogP contribution in [0.3, 0.4) is 0 Å². The van der Waals surface area contributed by atoms with E-state index in [1.165, 1.54) is 11.3 Å². The van der Waals surface area contributed by atoms with E-state index in [0.717, 1.165) is 63.9 Å². The first-order valence-corrected chi connectivity index (χ1v) is 12.0. The number of para-hydroxylation sites is 2. The van der Waals surface area contributed by atoms with E-state index in [2.05, 4.69) is 16.0 Å². The highest BCUT2D eigenvalue weighted by atomic mass is 35.5. The Morgan fingerprint density at radius 3 is 2.84 bits per heavy atom. The van der Waals surface area contributed by atoms with Crippen molar-refractivity contribution in [2.75, 3.05) is 13.2 Å². The van der Waals surface area contributed by atoms with Gasteiger partial charge in [0.05, 0.1) is 22.5 Å². The molecule has 0 saturated carbocycles. The lowest BCUT2D eigenvalue weighted by atomic mass is 10.2. The van der Waals surface area contributed by atoms with Crippen LogP contribution in [0.5, 0.6) is 5.75 Å². The van der Waals surface area contributed by atoms with Crippen molar-refractivity contribution in [3.8, 4) is 5.75 Å². The molecule has 0 aliphatic rings. The number of imidazole rings is 1. The fourth-order valence-electron chi connectivity index (χ4n) is 3.63. The number of thiophene rings is 1. The standard InChI is InChI=1S/C25H26ClN3O2S/c1-18-17-19(11-12-20(18)26)31-15-6-14-29-22-8-3-2-7-21(22)28-24(29)10-4-13-27-25(30)23-9-5-16-32-23/h2-3,5,7-9,11-12,16-17H,4,6,10,13-15H2,1H3,(H,27,30). The Morgan fingerprint density at radius 1 is 1.16 bits per heavy atom. The largest absolute Gasteiger partial charge is 0.494 e. The number of benzene rings is 2. The first-order chi connectivity index (χ1) is 15.6. The molecule has 0 unspecified atom stereocenters. The molecule has 0 spiro atoms. The van der Waals surface area contributed by atoms with E-state index in [1.54, 1.807) is 0 Å². The van der Waals surface area contributed by atoms with Gasteiger partial charge in [-0.1, -0.05) is 29.8 Å². The second-order valence-corrected chi connectivity index (χ2v) is 8.97. The number of amides is 1.